The summed E-state index contributed by atoms with van der Waals surface area (Å²) in [5.74, 6) is -2.17. The minimum Gasteiger partial charge on any atom is -0.465 e. The van der Waals surface area contributed by atoms with E-state index < -0.39 is 29.7 Å². The molecule has 1 aliphatic heterocycles. The lowest BCUT2D eigenvalue weighted by Crippen LogP contribution is -2.45. The van der Waals surface area contributed by atoms with Crippen molar-refractivity contribution < 1.29 is 23.9 Å². The molecule has 1 N–H and O–H groups in total. The fraction of sp³-hybridized carbons (Fsp3) is 0.176. The first-order valence-corrected chi connectivity index (χ1v) is 8.27. The number of methoxy groups -OCH3 is 1. The maximum Gasteiger partial charge on any atom is 0.350 e. The van der Waals surface area contributed by atoms with Crippen LogP contribution in [-0.4, -0.2) is 41.7 Å². The summed E-state index contributed by atoms with van der Waals surface area (Å²) < 4.78 is 4.66. The van der Waals surface area contributed by atoms with Crippen LogP contribution in [0.25, 0.3) is 0 Å². The number of hydrogen-bond acceptors (Lipinski definition) is 6. The molecule has 128 valence electrons. The van der Waals surface area contributed by atoms with Gasteiger partial charge in [-0.2, -0.15) is 0 Å². The summed E-state index contributed by atoms with van der Waals surface area (Å²) in [4.78, 5) is 50.2. The van der Waals surface area contributed by atoms with E-state index in [2.05, 4.69) is 10.1 Å². The SMILES string of the molecule is COC(=O)c1sccc1NC(=O)C(C)N1C(=O)c2ccccc2C1=O. The second-order valence-corrected chi connectivity index (χ2v) is 6.26. The van der Waals surface area contributed by atoms with Crippen molar-refractivity contribution in [3.8, 4) is 0 Å². The lowest BCUT2D eigenvalue weighted by atomic mass is 10.1. The minimum absolute atomic E-state index is 0.241. The van der Waals surface area contributed by atoms with Crippen LogP contribution in [0, 0.1) is 0 Å². The van der Waals surface area contributed by atoms with E-state index in [0.29, 0.717) is 0 Å². The number of ether oxygens (including phenoxy) is 1. The highest BCUT2D eigenvalue weighted by atomic mass is 32.1. The van der Waals surface area contributed by atoms with Crippen LogP contribution >= 0.6 is 11.3 Å². The number of imide groups is 1. The molecule has 3 amide bonds. The molecule has 0 fully saturated rings. The predicted molar refractivity (Wildman–Crippen MR) is 90.7 cm³/mol. The van der Waals surface area contributed by atoms with Gasteiger partial charge < -0.3 is 10.1 Å². The number of benzene rings is 1. The Labute approximate surface area is 147 Å². The first kappa shape index (κ1) is 16.8. The van der Waals surface area contributed by atoms with E-state index in [1.165, 1.54) is 14.0 Å². The Morgan fingerprint density at radius 3 is 2.28 bits per heavy atom. The van der Waals surface area contributed by atoms with Crippen LogP contribution in [0.3, 0.4) is 0 Å². The van der Waals surface area contributed by atoms with Crippen molar-refractivity contribution >= 4 is 40.7 Å². The molecule has 0 saturated heterocycles. The number of carbonyl (C=O) groups is 4. The summed E-state index contributed by atoms with van der Waals surface area (Å²) in [6.07, 6.45) is 0. The molecule has 1 aromatic carbocycles. The van der Waals surface area contributed by atoms with Gasteiger partial charge in [0.1, 0.15) is 10.9 Å². The van der Waals surface area contributed by atoms with Crippen LogP contribution in [0.15, 0.2) is 35.7 Å². The fourth-order valence-corrected chi connectivity index (χ4v) is 3.34. The molecule has 1 unspecified atom stereocenters. The van der Waals surface area contributed by atoms with Gasteiger partial charge in [0, 0.05) is 0 Å². The zero-order valence-corrected chi connectivity index (χ0v) is 14.3. The van der Waals surface area contributed by atoms with E-state index in [9.17, 15) is 19.2 Å². The molecule has 3 rings (SSSR count). The van der Waals surface area contributed by atoms with Crippen LogP contribution in [0.4, 0.5) is 5.69 Å². The first-order chi connectivity index (χ1) is 12.0. The number of esters is 1. The molecule has 0 spiro atoms. The number of hydrogen-bond donors (Lipinski definition) is 1. The van der Waals surface area contributed by atoms with Crippen LogP contribution in [-0.2, 0) is 9.53 Å². The molecule has 2 heterocycles. The molecule has 0 bridgehead atoms. The van der Waals surface area contributed by atoms with E-state index in [-0.39, 0.29) is 21.7 Å². The Hall–Kier alpha value is -3.00. The third kappa shape index (κ3) is 2.80. The zero-order chi connectivity index (χ0) is 18.1. The summed E-state index contributed by atoms with van der Waals surface area (Å²) in [5.41, 5.74) is 0.834. The molecule has 0 radical (unpaired) electrons. The molecule has 7 nitrogen and oxygen atoms in total. The van der Waals surface area contributed by atoms with E-state index in [0.717, 1.165) is 16.2 Å². The lowest BCUT2D eigenvalue weighted by molar-refractivity contribution is -0.119. The van der Waals surface area contributed by atoms with Crippen molar-refractivity contribution in [1.82, 2.24) is 4.90 Å². The normalized spacial score (nSPS) is 14.2. The van der Waals surface area contributed by atoms with Crippen molar-refractivity contribution in [3.05, 3.63) is 51.7 Å². The van der Waals surface area contributed by atoms with Crippen molar-refractivity contribution in [2.75, 3.05) is 12.4 Å². The number of amides is 3. The molecule has 8 heteroatoms. The number of carbonyl (C=O) groups excluding carboxylic acids is 4. The minimum atomic E-state index is -1.03. The average Bonchev–Trinajstić information content (AvgIpc) is 3.17. The average molecular weight is 358 g/mol. The van der Waals surface area contributed by atoms with Crippen LogP contribution < -0.4 is 5.32 Å². The van der Waals surface area contributed by atoms with Crippen LogP contribution in [0.5, 0.6) is 0 Å². The quantitative estimate of drug-likeness (QED) is 0.668. The number of fused-ring (bicyclic) bond motifs is 1. The Balaban J connectivity index is 1.81. The first-order valence-electron chi connectivity index (χ1n) is 7.39. The molecule has 0 saturated carbocycles. The number of nitrogens with zero attached hydrogens (tertiary/aromatic N) is 1. The molecular formula is C17H14N2O5S. The number of rotatable bonds is 4. The topological polar surface area (TPSA) is 92.8 Å². The molecule has 1 aromatic heterocycles. The molecule has 0 aliphatic carbocycles. The monoisotopic (exact) mass is 358 g/mol. The molecule has 1 atom stereocenters. The van der Waals surface area contributed by atoms with E-state index in [1.54, 1.807) is 35.7 Å². The smallest absolute Gasteiger partial charge is 0.350 e. The van der Waals surface area contributed by atoms with Gasteiger partial charge in [-0.3, -0.25) is 19.3 Å². The van der Waals surface area contributed by atoms with E-state index in [4.69, 9.17) is 0 Å². The highest BCUT2D eigenvalue weighted by molar-refractivity contribution is 7.12. The predicted octanol–water partition coefficient (Wildman–Crippen LogP) is 2.16. The van der Waals surface area contributed by atoms with Gasteiger partial charge >= 0.3 is 5.97 Å². The highest BCUT2D eigenvalue weighted by Crippen LogP contribution is 2.26. The summed E-state index contributed by atoms with van der Waals surface area (Å²) >= 11 is 1.12. The third-order valence-corrected chi connectivity index (χ3v) is 4.78. The van der Waals surface area contributed by atoms with E-state index >= 15 is 0 Å². The summed E-state index contributed by atoms with van der Waals surface area (Å²) in [7, 11) is 1.25. The molecule has 2 aromatic rings. The molecule has 25 heavy (non-hydrogen) atoms. The maximum absolute atomic E-state index is 12.5. The van der Waals surface area contributed by atoms with Gasteiger partial charge in [-0.1, -0.05) is 12.1 Å². The Morgan fingerprint density at radius 2 is 1.72 bits per heavy atom. The van der Waals surface area contributed by atoms with Crippen molar-refractivity contribution in [3.63, 3.8) is 0 Å². The largest absolute Gasteiger partial charge is 0.465 e. The summed E-state index contributed by atoms with van der Waals surface area (Å²) in [6, 6.07) is 6.95. The van der Waals surface area contributed by atoms with Gasteiger partial charge in [0.05, 0.1) is 23.9 Å². The Kier molecular flexibility index (Phi) is 4.37. The highest BCUT2D eigenvalue weighted by Gasteiger charge is 2.40. The van der Waals surface area contributed by atoms with Gasteiger partial charge in [0.2, 0.25) is 5.91 Å². The Bertz CT molecular complexity index is 854. The van der Waals surface area contributed by atoms with Crippen LogP contribution in [0.2, 0.25) is 0 Å². The van der Waals surface area contributed by atoms with Crippen LogP contribution in [0.1, 0.15) is 37.3 Å². The third-order valence-electron chi connectivity index (χ3n) is 3.89. The number of nitrogens with one attached hydrogen (secondary N) is 1. The summed E-state index contributed by atoms with van der Waals surface area (Å²) in [6.45, 7) is 1.46. The second-order valence-electron chi connectivity index (χ2n) is 5.35. The van der Waals surface area contributed by atoms with Gasteiger partial charge in [-0.15, -0.1) is 11.3 Å². The second kappa shape index (κ2) is 6.48. The lowest BCUT2D eigenvalue weighted by Gasteiger charge is -2.21. The van der Waals surface area contributed by atoms with Gasteiger partial charge in [0.15, 0.2) is 0 Å². The van der Waals surface area contributed by atoms with Gasteiger partial charge in [-0.25, -0.2) is 4.79 Å². The molecular weight excluding hydrogens is 344 g/mol. The standard InChI is InChI=1S/C17H14N2O5S/c1-9(14(20)18-12-7-8-25-13(12)17(23)24-2)19-15(21)10-5-3-4-6-11(10)16(19)22/h3-9H,1-2H3,(H,18,20). The number of anilines is 1. The van der Waals surface area contributed by atoms with Crippen molar-refractivity contribution in [2.24, 2.45) is 0 Å². The summed E-state index contributed by atoms with van der Waals surface area (Å²) in [5, 5.41) is 4.21. The Morgan fingerprint density at radius 1 is 1.12 bits per heavy atom. The van der Waals surface area contributed by atoms with E-state index in [1.807, 2.05) is 0 Å². The maximum atomic E-state index is 12.5. The number of thiophene rings is 1. The van der Waals surface area contributed by atoms with Crippen molar-refractivity contribution in [2.45, 2.75) is 13.0 Å². The molecule has 1 aliphatic rings. The fourth-order valence-electron chi connectivity index (χ4n) is 2.57. The van der Waals surface area contributed by atoms with Gasteiger partial charge in [0.25, 0.3) is 11.8 Å². The van der Waals surface area contributed by atoms with Crippen molar-refractivity contribution in [1.29, 1.82) is 0 Å². The zero-order valence-electron chi connectivity index (χ0n) is 13.4. The van der Waals surface area contributed by atoms with Gasteiger partial charge in [-0.05, 0) is 30.5 Å².